The summed E-state index contributed by atoms with van der Waals surface area (Å²) in [6.45, 7) is 3.27. The van der Waals surface area contributed by atoms with Gasteiger partial charge in [-0.2, -0.15) is 5.26 Å². The van der Waals surface area contributed by atoms with Crippen molar-refractivity contribution >= 4 is 17.5 Å². The summed E-state index contributed by atoms with van der Waals surface area (Å²) in [5.74, 6) is 0.351. The molecule has 3 aliphatic rings. The van der Waals surface area contributed by atoms with Gasteiger partial charge < -0.3 is 15.0 Å². The van der Waals surface area contributed by atoms with Crippen LogP contribution < -0.4 is 5.32 Å². The molecular weight excluding hydrogens is 354 g/mol. The van der Waals surface area contributed by atoms with Gasteiger partial charge in [0.2, 0.25) is 5.91 Å². The first-order valence-corrected chi connectivity index (χ1v) is 10.3. The Bertz CT molecular complexity index is 804. The Balaban J connectivity index is 1.52. The number of rotatable bonds is 3. The minimum Gasteiger partial charge on any atom is -0.372 e. The number of hydrogen-bond acceptors (Lipinski definition) is 4. The van der Waals surface area contributed by atoms with Crippen molar-refractivity contribution in [1.29, 1.82) is 5.26 Å². The molecule has 3 fully saturated rings. The molecule has 1 N–H and O–H groups in total. The average Bonchev–Trinajstić information content (AvgIpc) is 3.45. The van der Waals surface area contributed by atoms with Crippen molar-refractivity contribution < 1.29 is 14.3 Å². The highest BCUT2D eigenvalue weighted by Gasteiger charge is 2.48. The third kappa shape index (κ3) is 3.51. The Morgan fingerprint density at radius 3 is 2.75 bits per heavy atom. The number of benzene rings is 1. The second-order valence-corrected chi connectivity index (χ2v) is 8.39. The Labute approximate surface area is 165 Å². The monoisotopic (exact) mass is 381 g/mol. The molecule has 0 bridgehead atoms. The number of nitrogens with zero attached hydrogens (tertiary/aromatic N) is 2. The van der Waals surface area contributed by atoms with Gasteiger partial charge in [0.25, 0.3) is 5.91 Å². The second kappa shape index (κ2) is 7.56. The summed E-state index contributed by atoms with van der Waals surface area (Å²) in [5.41, 5.74) is 0.591. The van der Waals surface area contributed by atoms with Crippen LogP contribution in [-0.2, 0) is 9.53 Å². The maximum Gasteiger partial charge on any atom is 0.255 e. The molecule has 1 aromatic rings. The summed E-state index contributed by atoms with van der Waals surface area (Å²) in [5, 5.41) is 12.8. The molecule has 28 heavy (non-hydrogen) atoms. The number of piperidine rings is 1. The van der Waals surface area contributed by atoms with Crippen LogP contribution in [0.2, 0.25) is 0 Å². The highest BCUT2D eigenvalue weighted by atomic mass is 16.5. The smallest absolute Gasteiger partial charge is 0.255 e. The van der Waals surface area contributed by atoms with Gasteiger partial charge in [0.05, 0.1) is 6.07 Å². The van der Waals surface area contributed by atoms with Crippen LogP contribution >= 0.6 is 0 Å². The molecule has 6 nitrogen and oxygen atoms in total. The number of ether oxygens (including phenoxy) is 1. The zero-order chi connectivity index (χ0) is 19.7. The molecule has 2 heterocycles. The van der Waals surface area contributed by atoms with Gasteiger partial charge in [-0.05, 0) is 62.6 Å². The number of nitrogens with one attached hydrogen (secondary N) is 1. The standard InChI is InChI=1S/C22H27N3O3/c1-15-12-18(15)20(26)24-17-7-4-6-16(13-17)21(27)25-10-5-9-22(19(25)14-23)8-2-3-11-28-22/h4,6-7,13,15,18-19H,2-3,5,8-12H2,1H3,(H,24,26)/t15-,18+,19+,22+/m1/s1. The molecule has 4 rings (SSSR count). The largest absolute Gasteiger partial charge is 0.372 e. The van der Waals surface area contributed by atoms with Crippen LogP contribution in [0.5, 0.6) is 0 Å². The zero-order valence-corrected chi connectivity index (χ0v) is 16.3. The van der Waals surface area contributed by atoms with Crippen LogP contribution in [0.15, 0.2) is 24.3 Å². The summed E-state index contributed by atoms with van der Waals surface area (Å²) in [6, 6.07) is 8.81. The molecule has 2 amide bonds. The van der Waals surface area contributed by atoms with Crippen molar-refractivity contribution in [1.82, 2.24) is 4.90 Å². The molecule has 1 aromatic carbocycles. The Hall–Kier alpha value is -2.39. The number of anilines is 1. The van der Waals surface area contributed by atoms with E-state index in [9.17, 15) is 14.9 Å². The number of nitriles is 1. The second-order valence-electron chi connectivity index (χ2n) is 8.39. The Kier molecular flexibility index (Phi) is 5.11. The van der Waals surface area contributed by atoms with E-state index in [1.807, 2.05) is 0 Å². The predicted molar refractivity (Wildman–Crippen MR) is 105 cm³/mol. The average molecular weight is 381 g/mol. The van der Waals surface area contributed by atoms with Crippen molar-refractivity contribution in [2.75, 3.05) is 18.5 Å². The number of amides is 2. The lowest BCUT2D eigenvalue weighted by atomic mass is 9.79. The van der Waals surface area contributed by atoms with Crippen LogP contribution in [0.3, 0.4) is 0 Å². The van der Waals surface area contributed by atoms with Crippen LogP contribution in [0.4, 0.5) is 5.69 Å². The number of likely N-dealkylation sites (tertiary alicyclic amines) is 1. The topological polar surface area (TPSA) is 82.4 Å². The molecule has 0 aromatic heterocycles. The highest BCUT2D eigenvalue weighted by molar-refractivity contribution is 5.98. The molecule has 2 aliphatic heterocycles. The van der Waals surface area contributed by atoms with Gasteiger partial charge in [0.1, 0.15) is 11.6 Å². The predicted octanol–water partition coefficient (Wildman–Crippen LogP) is 3.35. The maximum absolute atomic E-state index is 13.2. The summed E-state index contributed by atoms with van der Waals surface area (Å²) < 4.78 is 6.07. The van der Waals surface area contributed by atoms with Gasteiger partial charge in [-0.3, -0.25) is 9.59 Å². The molecule has 0 unspecified atom stereocenters. The summed E-state index contributed by atoms with van der Waals surface area (Å²) in [6.07, 6.45) is 5.44. The van der Waals surface area contributed by atoms with Gasteiger partial charge in [-0.1, -0.05) is 13.0 Å². The summed E-state index contributed by atoms with van der Waals surface area (Å²) in [4.78, 5) is 27.1. The quantitative estimate of drug-likeness (QED) is 0.870. The summed E-state index contributed by atoms with van der Waals surface area (Å²) in [7, 11) is 0. The van der Waals surface area contributed by atoms with Gasteiger partial charge in [-0.15, -0.1) is 0 Å². The third-order valence-corrected chi connectivity index (χ3v) is 6.40. The lowest BCUT2D eigenvalue weighted by Crippen LogP contribution is -2.60. The lowest BCUT2D eigenvalue weighted by Gasteiger charge is -2.48. The Morgan fingerprint density at radius 1 is 1.29 bits per heavy atom. The van der Waals surface area contributed by atoms with Crippen LogP contribution in [-0.4, -0.2) is 41.5 Å². The molecule has 0 radical (unpaired) electrons. The molecule has 148 valence electrons. The molecule has 4 atom stereocenters. The molecule has 1 aliphatic carbocycles. The SMILES string of the molecule is C[C@@H]1C[C@@H]1C(=O)Nc1cccc(C(=O)N2CCC[C@@]3(CCCCO3)[C@@H]2C#N)c1. The van der Waals surface area contributed by atoms with Gasteiger partial charge in [0, 0.05) is 30.3 Å². The van der Waals surface area contributed by atoms with Gasteiger partial charge in [0.15, 0.2) is 0 Å². The van der Waals surface area contributed by atoms with Crippen LogP contribution in [0, 0.1) is 23.2 Å². The fraction of sp³-hybridized carbons (Fsp3) is 0.591. The maximum atomic E-state index is 13.2. The zero-order valence-electron chi connectivity index (χ0n) is 16.3. The van der Waals surface area contributed by atoms with E-state index < -0.39 is 11.6 Å². The van der Waals surface area contributed by atoms with Gasteiger partial charge in [-0.25, -0.2) is 0 Å². The van der Waals surface area contributed by atoms with E-state index in [2.05, 4.69) is 18.3 Å². The van der Waals surface area contributed by atoms with Crippen molar-refractivity contribution in [2.24, 2.45) is 11.8 Å². The van der Waals surface area contributed by atoms with E-state index in [4.69, 9.17) is 4.74 Å². The van der Waals surface area contributed by atoms with Crippen molar-refractivity contribution in [3.63, 3.8) is 0 Å². The number of hydrogen-bond donors (Lipinski definition) is 1. The Morgan fingerprint density at radius 2 is 2.07 bits per heavy atom. The molecular formula is C22H27N3O3. The van der Waals surface area contributed by atoms with Crippen molar-refractivity contribution in [2.45, 2.75) is 57.1 Å². The van der Waals surface area contributed by atoms with Crippen molar-refractivity contribution in [3.8, 4) is 6.07 Å². The van der Waals surface area contributed by atoms with Gasteiger partial charge >= 0.3 is 0 Å². The van der Waals surface area contributed by atoms with E-state index in [0.717, 1.165) is 38.5 Å². The fourth-order valence-corrected chi connectivity index (χ4v) is 4.61. The first-order chi connectivity index (χ1) is 13.5. The first-order valence-electron chi connectivity index (χ1n) is 10.3. The molecule has 1 spiro atoms. The van der Waals surface area contributed by atoms with Crippen molar-refractivity contribution in [3.05, 3.63) is 29.8 Å². The number of carbonyl (C=O) groups excluding carboxylic acids is 2. The molecule has 1 saturated carbocycles. The molecule has 2 saturated heterocycles. The lowest BCUT2D eigenvalue weighted by molar-refractivity contribution is -0.128. The minimum atomic E-state index is -0.570. The molecule has 6 heteroatoms. The fourth-order valence-electron chi connectivity index (χ4n) is 4.61. The van der Waals surface area contributed by atoms with E-state index >= 15 is 0 Å². The van der Waals surface area contributed by atoms with Crippen LogP contribution in [0.1, 0.15) is 55.8 Å². The number of carbonyl (C=O) groups is 2. The van der Waals surface area contributed by atoms with E-state index in [1.54, 1.807) is 29.2 Å². The highest BCUT2D eigenvalue weighted by Crippen LogP contribution is 2.40. The van der Waals surface area contributed by atoms with E-state index in [-0.39, 0.29) is 17.7 Å². The minimum absolute atomic E-state index is 0.0135. The third-order valence-electron chi connectivity index (χ3n) is 6.40. The first kappa shape index (κ1) is 18.9. The van der Waals surface area contributed by atoms with E-state index in [0.29, 0.717) is 30.3 Å². The summed E-state index contributed by atoms with van der Waals surface area (Å²) >= 11 is 0. The normalized spacial score (nSPS) is 31.9. The van der Waals surface area contributed by atoms with Crippen LogP contribution in [0.25, 0.3) is 0 Å². The van der Waals surface area contributed by atoms with E-state index in [1.165, 1.54) is 0 Å².